The molecule has 7 nitrogen and oxygen atoms in total. The van der Waals surface area contributed by atoms with Gasteiger partial charge in [-0.15, -0.1) is 0 Å². The molecule has 1 aromatic heterocycles. The zero-order valence-electron chi connectivity index (χ0n) is 11.5. The van der Waals surface area contributed by atoms with Crippen molar-refractivity contribution in [2.75, 3.05) is 25.9 Å². The Hall–Kier alpha value is -2.05. The molecule has 0 aliphatic rings. The third-order valence-electron chi connectivity index (χ3n) is 2.80. The van der Waals surface area contributed by atoms with Gasteiger partial charge in [0.15, 0.2) is 5.69 Å². The molecule has 106 valence electrons. The van der Waals surface area contributed by atoms with E-state index in [-0.39, 0.29) is 18.1 Å². The van der Waals surface area contributed by atoms with Crippen molar-refractivity contribution in [2.24, 2.45) is 0 Å². The number of carbonyl (C=O) groups is 2. The minimum absolute atomic E-state index is 0.110. The van der Waals surface area contributed by atoms with E-state index in [0.29, 0.717) is 12.2 Å². The van der Waals surface area contributed by atoms with Crippen LogP contribution < -0.4 is 5.73 Å². The summed E-state index contributed by atoms with van der Waals surface area (Å²) < 4.78 is 4.55. The van der Waals surface area contributed by atoms with Crippen molar-refractivity contribution in [3.05, 3.63) is 11.4 Å². The van der Waals surface area contributed by atoms with Crippen LogP contribution in [0.2, 0.25) is 0 Å². The molecule has 0 fully saturated rings. The highest BCUT2D eigenvalue weighted by atomic mass is 16.5. The molecule has 0 aromatic carbocycles. The van der Waals surface area contributed by atoms with Crippen LogP contribution in [0.4, 0.5) is 5.69 Å². The Balaban J connectivity index is 2.88. The summed E-state index contributed by atoms with van der Waals surface area (Å²) in [4.78, 5) is 24.8. The van der Waals surface area contributed by atoms with Crippen LogP contribution in [0.1, 0.15) is 36.5 Å². The second-order valence-electron chi connectivity index (χ2n) is 4.11. The number of likely N-dealkylation sites (N-methyl/N-ethyl adjacent to an activating group) is 1. The van der Waals surface area contributed by atoms with Gasteiger partial charge in [-0.1, -0.05) is 13.3 Å². The van der Waals surface area contributed by atoms with Crippen molar-refractivity contribution >= 4 is 17.6 Å². The Morgan fingerprint density at radius 3 is 2.63 bits per heavy atom. The quantitative estimate of drug-likeness (QED) is 0.735. The fraction of sp³-hybridized carbons (Fsp3) is 0.583. The predicted molar refractivity (Wildman–Crippen MR) is 70.6 cm³/mol. The van der Waals surface area contributed by atoms with Crippen LogP contribution in [-0.2, 0) is 16.0 Å². The van der Waals surface area contributed by atoms with Gasteiger partial charge in [-0.25, -0.2) is 0 Å². The third kappa shape index (κ3) is 3.46. The average molecular weight is 268 g/mol. The fourth-order valence-corrected chi connectivity index (χ4v) is 1.69. The molecule has 0 aliphatic carbocycles. The normalized spacial score (nSPS) is 10.3. The van der Waals surface area contributed by atoms with Gasteiger partial charge in [0, 0.05) is 6.54 Å². The summed E-state index contributed by atoms with van der Waals surface area (Å²) in [5.74, 6) is -0.845. The number of nitrogens with two attached hydrogens (primary N) is 1. The first kappa shape index (κ1) is 15.0. The lowest BCUT2D eigenvalue weighted by atomic mass is 10.2. The first-order valence-electron chi connectivity index (χ1n) is 6.23. The molecule has 1 rings (SSSR count). The number of aromatic nitrogens is 2. The molecule has 1 amide bonds. The molecule has 0 unspecified atom stereocenters. The van der Waals surface area contributed by atoms with E-state index in [1.54, 1.807) is 6.92 Å². The molecule has 1 heterocycles. The van der Waals surface area contributed by atoms with E-state index in [9.17, 15) is 9.59 Å². The number of carbonyl (C=O) groups excluding carboxylic acids is 2. The number of anilines is 1. The predicted octanol–water partition coefficient (Wildman–Crippen LogP) is 0.580. The molecule has 1 aromatic rings. The monoisotopic (exact) mass is 268 g/mol. The average Bonchev–Trinajstić information content (AvgIpc) is 2.77. The van der Waals surface area contributed by atoms with Crippen LogP contribution in [0.15, 0.2) is 0 Å². The number of rotatable bonds is 6. The first-order valence-corrected chi connectivity index (χ1v) is 6.23. The number of aromatic amines is 1. The molecule has 3 N–H and O–H groups in total. The summed E-state index contributed by atoms with van der Waals surface area (Å²) in [6.07, 6.45) is 1.63. The number of nitrogen functional groups attached to an aromatic ring is 1. The van der Waals surface area contributed by atoms with Gasteiger partial charge in [0.25, 0.3) is 5.91 Å². The van der Waals surface area contributed by atoms with E-state index >= 15 is 0 Å². The third-order valence-corrected chi connectivity index (χ3v) is 2.80. The van der Waals surface area contributed by atoms with Gasteiger partial charge in [-0.05, 0) is 13.3 Å². The number of nitrogens with zero attached hydrogens (tertiary/aromatic N) is 2. The Bertz CT molecular complexity index is 456. The molecule has 0 radical (unpaired) electrons. The largest absolute Gasteiger partial charge is 0.468 e. The zero-order chi connectivity index (χ0) is 14.4. The lowest BCUT2D eigenvalue weighted by Gasteiger charge is -2.18. The number of esters is 1. The van der Waals surface area contributed by atoms with Crippen LogP contribution in [0.5, 0.6) is 0 Å². The highest BCUT2D eigenvalue weighted by Gasteiger charge is 2.23. The molecule has 19 heavy (non-hydrogen) atoms. The lowest BCUT2D eigenvalue weighted by molar-refractivity contribution is -0.141. The number of hydrogen-bond acceptors (Lipinski definition) is 5. The van der Waals surface area contributed by atoms with Gasteiger partial charge in [0.2, 0.25) is 0 Å². The summed E-state index contributed by atoms with van der Waals surface area (Å²) in [6.45, 7) is 4.05. The van der Waals surface area contributed by atoms with Gasteiger partial charge in [0.1, 0.15) is 6.54 Å². The molecule has 7 heteroatoms. The molecule has 0 saturated heterocycles. The van der Waals surface area contributed by atoms with Crippen LogP contribution in [0.3, 0.4) is 0 Å². The van der Waals surface area contributed by atoms with Gasteiger partial charge >= 0.3 is 5.97 Å². The number of aryl methyl sites for hydroxylation is 1. The van der Waals surface area contributed by atoms with Gasteiger partial charge in [0.05, 0.1) is 18.5 Å². The number of methoxy groups -OCH3 is 1. The number of hydrogen-bond donors (Lipinski definition) is 2. The first-order chi connectivity index (χ1) is 9.04. The summed E-state index contributed by atoms with van der Waals surface area (Å²) >= 11 is 0. The van der Waals surface area contributed by atoms with Gasteiger partial charge in [-0.3, -0.25) is 14.7 Å². The number of ether oxygens (including phenoxy) is 1. The highest BCUT2D eigenvalue weighted by Crippen LogP contribution is 2.17. The van der Waals surface area contributed by atoms with Crippen LogP contribution in [-0.4, -0.2) is 47.2 Å². The van der Waals surface area contributed by atoms with Gasteiger partial charge < -0.3 is 15.4 Å². The highest BCUT2D eigenvalue weighted by molar-refractivity contribution is 5.99. The SMILES string of the molecule is CCCc1[nH]nc(C(=O)N(CC)CC(=O)OC)c1N. The molecule has 0 saturated carbocycles. The van der Waals surface area contributed by atoms with Crippen LogP contribution >= 0.6 is 0 Å². The Morgan fingerprint density at radius 1 is 1.42 bits per heavy atom. The Morgan fingerprint density at radius 2 is 2.11 bits per heavy atom. The number of H-pyrrole nitrogens is 1. The van der Waals surface area contributed by atoms with E-state index in [0.717, 1.165) is 18.5 Å². The molecule has 0 aliphatic heterocycles. The summed E-state index contributed by atoms with van der Waals surface area (Å²) in [7, 11) is 1.28. The smallest absolute Gasteiger partial charge is 0.325 e. The molecular weight excluding hydrogens is 248 g/mol. The van der Waals surface area contributed by atoms with Crippen molar-refractivity contribution < 1.29 is 14.3 Å². The maximum Gasteiger partial charge on any atom is 0.325 e. The molecular formula is C12H20N4O3. The summed E-state index contributed by atoms with van der Waals surface area (Å²) in [6, 6.07) is 0. The Kier molecular flexibility index (Phi) is 5.35. The van der Waals surface area contributed by atoms with E-state index in [1.165, 1.54) is 12.0 Å². The second-order valence-corrected chi connectivity index (χ2v) is 4.11. The van der Waals surface area contributed by atoms with Gasteiger partial charge in [-0.2, -0.15) is 5.10 Å². The molecule has 0 atom stereocenters. The zero-order valence-corrected chi connectivity index (χ0v) is 11.5. The fourth-order valence-electron chi connectivity index (χ4n) is 1.69. The van der Waals surface area contributed by atoms with E-state index < -0.39 is 5.97 Å². The van der Waals surface area contributed by atoms with E-state index in [4.69, 9.17) is 5.73 Å². The number of amides is 1. The summed E-state index contributed by atoms with van der Waals surface area (Å²) in [5, 5.41) is 6.71. The van der Waals surface area contributed by atoms with E-state index in [1.807, 2.05) is 6.92 Å². The molecule has 0 bridgehead atoms. The van der Waals surface area contributed by atoms with Crippen molar-refractivity contribution in [3.8, 4) is 0 Å². The van der Waals surface area contributed by atoms with Crippen LogP contribution in [0, 0.1) is 0 Å². The van der Waals surface area contributed by atoms with Crippen molar-refractivity contribution in [1.82, 2.24) is 15.1 Å². The maximum atomic E-state index is 12.2. The lowest BCUT2D eigenvalue weighted by Crippen LogP contribution is -2.36. The van der Waals surface area contributed by atoms with Crippen molar-refractivity contribution in [1.29, 1.82) is 0 Å². The standard InChI is InChI=1S/C12H20N4O3/c1-4-6-8-10(13)11(15-14-8)12(18)16(5-2)7-9(17)19-3/h4-7,13H2,1-3H3,(H,14,15). The second kappa shape index (κ2) is 6.77. The van der Waals surface area contributed by atoms with Crippen LogP contribution in [0.25, 0.3) is 0 Å². The molecule has 0 spiro atoms. The maximum absolute atomic E-state index is 12.2. The minimum Gasteiger partial charge on any atom is -0.468 e. The topological polar surface area (TPSA) is 101 Å². The van der Waals surface area contributed by atoms with Crippen molar-refractivity contribution in [3.63, 3.8) is 0 Å². The summed E-state index contributed by atoms with van der Waals surface area (Å²) in [5.41, 5.74) is 7.16. The van der Waals surface area contributed by atoms with Crippen molar-refractivity contribution in [2.45, 2.75) is 26.7 Å². The number of nitrogens with one attached hydrogen (secondary N) is 1. The minimum atomic E-state index is -0.474. The Labute approximate surface area is 112 Å². The van der Waals surface area contributed by atoms with E-state index in [2.05, 4.69) is 14.9 Å².